The molecule has 0 fully saturated rings. The van der Waals surface area contributed by atoms with E-state index in [1.807, 2.05) is 30.0 Å². The van der Waals surface area contributed by atoms with Gasteiger partial charge in [-0.1, -0.05) is 18.2 Å². The molecular formula is C28H26F3N7O2. The van der Waals surface area contributed by atoms with Crippen molar-refractivity contribution in [3.05, 3.63) is 95.9 Å². The van der Waals surface area contributed by atoms with E-state index in [-0.39, 0.29) is 5.56 Å². The number of amides is 3. The zero-order chi connectivity index (χ0) is 28.9. The molecule has 9 nitrogen and oxygen atoms in total. The number of hydrogen-bond acceptors (Lipinski definition) is 6. The van der Waals surface area contributed by atoms with Crippen LogP contribution in [0, 0.1) is 6.92 Å². The number of carbonyl (C=O) groups is 2. The number of anilines is 5. The lowest BCUT2D eigenvalue weighted by Gasteiger charge is -2.23. The van der Waals surface area contributed by atoms with Gasteiger partial charge in [0.25, 0.3) is 5.91 Å². The van der Waals surface area contributed by atoms with E-state index >= 15 is 0 Å². The Balaban J connectivity index is 1.49. The first-order valence-electron chi connectivity index (χ1n) is 12.2. The molecule has 0 bridgehead atoms. The van der Waals surface area contributed by atoms with E-state index in [1.54, 1.807) is 38.4 Å². The Hall–Kier alpha value is -5.00. The summed E-state index contributed by atoms with van der Waals surface area (Å²) in [6.07, 6.45) is -1.53. The molecular weight excluding hydrogens is 523 g/mol. The average molecular weight is 550 g/mol. The molecule has 0 atom stereocenters. The fourth-order valence-electron chi connectivity index (χ4n) is 3.80. The molecule has 0 unspecified atom stereocenters. The van der Waals surface area contributed by atoms with Gasteiger partial charge in [0.2, 0.25) is 0 Å². The van der Waals surface area contributed by atoms with Crippen molar-refractivity contribution < 1.29 is 22.8 Å². The first-order valence-corrected chi connectivity index (χ1v) is 12.2. The number of nitrogens with zero attached hydrogens (tertiary/aromatic N) is 5. The number of urea groups is 1. The summed E-state index contributed by atoms with van der Waals surface area (Å²) >= 11 is 0. The maximum absolute atomic E-state index is 13.1. The summed E-state index contributed by atoms with van der Waals surface area (Å²) in [5.74, 6) is 0.873. The summed E-state index contributed by atoms with van der Waals surface area (Å²) in [5.41, 5.74) is 0.331. The molecule has 0 aliphatic carbocycles. The number of aromatic nitrogens is 3. The Bertz CT molecular complexity index is 1510. The molecule has 0 aliphatic heterocycles. The fourth-order valence-corrected chi connectivity index (χ4v) is 3.80. The van der Waals surface area contributed by atoms with Gasteiger partial charge in [-0.15, -0.1) is 0 Å². The van der Waals surface area contributed by atoms with Crippen LogP contribution >= 0.6 is 0 Å². The minimum Gasteiger partial charge on any atom is -0.322 e. The minimum atomic E-state index is -4.57. The normalized spacial score (nSPS) is 11.1. The van der Waals surface area contributed by atoms with Crippen LogP contribution in [0.3, 0.4) is 0 Å². The zero-order valence-corrected chi connectivity index (χ0v) is 21.9. The summed E-state index contributed by atoms with van der Waals surface area (Å²) in [5, 5.41) is 5.36. The summed E-state index contributed by atoms with van der Waals surface area (Å²) in [7, 11) is 1.55. The molecule has 2 aromatic carbocycles. The number of halogens is 3. The zero-order valence-electron chi connectivity index (χ0n) is 21.9. The largest absolute Gasteiger partial charge is 0.416 e. The molecule has 0 radical (unpaired) electrons. The van der Waals surface area contributed by atoms with Crippen LogP contribution in [0.2, 0.25) is 0 Å². The van der Waals surface area contributed by atoms with Crippen molar-refractivity contribution >= 4 is 40.8 Å². The minimum absolute atomic E-state index is 0.146. The Kier molecular flexibility index (Phi) is 8.27. The Labute approximate surface area is 228 Å². The van der Waals surface area contributed by atoms with Crippen molar-refractivity contribution in [3.63, 3.8) is 0 Å². The molecule has 4 aromatic rings. The van der Waals surface area contributed by atoms with Gasteiger partial charge >= 0.3 is 12.2 Å². The summed E-state index contributed by atoms with van der Waals surface area (Å²) in [6, 6.07) is 15.6. The first-order chi connectivity index (χ1) is 19.1. The monoisotopic (exact) mass is 549 g/mol. The molecule has 206 valence electrons. The quantitative estimate of drug-likeness (QED) is 0.281. The van der Waals surface area contributed by atoms with Gasteiger partial charge in [0.05, 0.1) is 5.56 Å². The lowest BCUT2D eigenvalue weighted by Crippen LogP contribution is -2.32. The topological polar surface area (TPSA) is 103 Å². The highest BCUT2D eigenvalue weighted by atomic mass is 19.4. The second-order valence-electron chi connectivity index (χ2n) is 8.72. The number of benzene rings is 2. The highest BCUT2D eigenvalue weighted by molar-refractivity contribution is 6.05. The fraction of sp³-hybridized carbons (Fsp3) is 0.179. The van der Waals surface area contributed by atoms with Gasteiger partial charge in [0.1, 0.15) is 23.8 Å². The molecule has 2 N–H and O–H groups in total. The van der Waals surface area contributed by atoms with Gasteiger partial charge in [0.15, 0.2) is 0 Å². The average Bonchev–Trinajstić information content (AvgIpc) is 2.95. The van der Waals surface area contributed by atoms with E-state index in [0.717, 1.165) is 12.1 Å². The Morgan fingerprint density at radius 2 is 1.65 bits per heavy atom. The van der Waals surface area contributed by atoms with Crippen LogP contribution in [0.25, 0.3) is 0 Å². The van der Waals surface area contributed by atoms with Crippen LogP contribution in [0.5, 0.6) is 0 Å². The summed E-state index contributed by atoms with van der Waals surface area (Å²) < 4.78 is 39.1. The Morgan fingerprint density at radius 3 is 2.35 bits per heavy atom. The van der Waals surface area contributed by atoms with Crippen LogP contribution in [0.1, 0.15) is 28.4 Å². The van der Waals surface area contributed by atoms with Crippen LogP contribution in [-0.4, -0.2) is 40.5 Å². The molecule has 3 amide bonds. The smallest absolute Gasteiger partial charge is 0.322 e. The van der Waals surface area contributed by atoms with Gasteiger partial charge in [-0.2, -0.15) is 13.2 Å². The van der Waals surface area contributed by atoms with Crippen LogP contribution in [0.4, 0.5) is 46.8 Å². The maximum atomic E-state index is 13.1. The highest BCUT2D eigenvalue weighted by Crippen LogP contribution is 2.30. The van der Waals surface area contributed by atoms with Gasteiger partial charge in [-0.25, -0.2) is 19.7 Å². The van der Waals surface area contributed by atoms with Crippen molar-refractivity contribution in [2.45, 2.75) is 20.0 Å². The maximum Gasteiger partial charge on any atom is 0.416 e. The van der Waals surface area contributed by atoms with Crippen molar-refractivity contribution in [1.82, 2.24) is 15.0 Å². The molecule has 4 rings (SSSR count). The van der Waals surface area contributed by atoms with Crippen molar-refractivity contribution in [1.29, 1.82) is 0 Å². The number of alkyl halides is 3. The van der Waals surface area contributed by atoms with Crippen molar-refractivity contribution in [2.24, 2.45) is 0 Å². The third kappa shape index (κ3) is 6.52. The summed E-state index contributed by atoms with van der Waals surface area (Å²) in [4.78, 5) is 41.8. The van der Waals surface area contributed by atoms with Gasteiger partial charge in [-0.3, -0.25) is 9.69 Å². The van der Waals surface area contributed by atoms with Crippen LogP contribution in [0.15, 0.2) is 79.3 Å². The highest BCUT2D eigenvalue weighted by Gasteiger charge is 2.31. The number of aryl methyl sites for hydroxylation is 1. The third-order valence-electron chi connectivity index (χ3n) is 5.99. The Morgan fingerprint density at radius 1 is 0.875 bits per heavy atom. The molecule has 0 saturated carbocycles. The van der Waals surface area contributed by atoms with Gasteiger partial charge in [-0.05, 0) is 61.9 Å². The number of hydrogen-bond donors (Lipinski definition) is 2. The number of pyridine rings is 1. The molecule has 0 saturated heterocycles. The van der Waals surface area contributed by atoms with Gasteiger partial charge < -0.3 is 15.5 Å². The predicted molar refractivity (Wildman–Crippen MR) is 147 cm³/mol. The number of rotatable bonds is 7. The predicted octanol–water partition coefficient (Wildman–Crippen LogP) is 6.28. The van der Waals surface area contributed by atoms with E-state index in [2.05, 4.69) is 25.6 Å². The molecule has 12 heteroatoms. The SMILES string of the molecule is CCN(c1ccccn1)c1cc(N(C)C(=O)Nc2cc(NC(=O)c3cccc(C(F)(F)F)c3)ccc2C)ncn1. The number of nitrogens with one attached hydrogen (secondary N) is 2. The third-order valence-corrected chi connectivity index (χ3v) is 5.99. The van der Waals surface area contributed by atoms with Crippen molar-refractivity contribution in [3.8, 4) is 0 Å². The summed E-state index contributed by atoms with van der Waals surface area (Å²) in [6.45, 7) is 4.30. The first kappa shape index (κ1) is 28.0. The van der Waals surface area contributed by atoms with Crippen LogP contribution < -0.4 is 20.4 Å². The lowest BCUT2D eigenvalue weighted by atomic mass is 10.1. The van der Waals surface area contributed by atoms with E-state index in [0.29, 0.717) is 40.9 Å². The van der Waals surface area contributed by atoms with E-state index in [4.69, 9.17) is 0 Å². The second-order valence-corrected chi connectivity index (χ2v) is 8.72. The second kappa shape index (κ2) is 11.8. The van der Waals surface area contributed by atoms with E-state index < -0.39 is 23.7 Å². The molecule has 2 aromatic heterocycles. The lowest BCUT2D eigenvalue weighted by molar-refractivity contribution is -0.137. The molecule has 0 spiro atoms. The van der Waals surface area contributed by atoms with Gasteiger partial charge in [0, 0.05) is 42.8 Å². The molecule has 0 aliphatic rings. The molecule has 40 heavy (non-hydrogen) atoms. The van der Waals surface area contributed by atoms with E-state index in [9.17, 15) is 22.8 Å². The number of carbonyl (C=O) groups excluding carboxylic acids is 2. The standard InChI is InChI=1S/C28H26F3N7O2/c1-4-38(23-10-5-6-13-32-23)25-16-24(33-17-34-25)37(3)27(40)36-22-15-21(12-11-18(22)2)35-26(39)19-8-7-9-20(14-19)28(29,30)31/h5-17H,4H2,1-3H3,(H,35,39)(H,36,40). The van der Waals surface area contributed by atoms with E-state index in [1.165, 1.54) is 29.4 Å². The van der Waals surface area contributed by atoms with Crippen LogP contribution in [-0.2, 0) is 6.18 Å². The molecule has 2 heterocycles. The van der Waals surface area contributed by atoms with Crippen molar-refractivity contribution in [2.75, 3.05) is 34.0 Å².